The maximum Gasteiger partial charge on any atom is 0.251 e. The van der Waals surface area contributed by atoms with E-state index >= 15 is 0 Å². The summed E-state index contributed by atoms with van der Waals surface area (Å²) in [5, 5.41) is 12.2. The molecule has 0 spiro atoms. The Morgan fingerprint density at radius 1 is 1.47 bits per heavy atom. The third kappa shape index (κ3) is 4.44. The lowest BCUT2D eigenvalue weighted by Gasteiger charge is -2.21. The van der Waals surface area contributed by atoms with Crippen molar-refractivity contribution in [1.29, 1.82) is 0 Å². The summed E-state index contributed by atoms with van der Waals surface area (Å²) < 4.78 is 0. The fraction of sp³-hybridized carbons (Fsp3) is 0.500. The number of thioether (sulfide) groups is 1. The van der Waals surface area contributed by atoms with Crippen molar-refractivity contribution in [2.24, 2.45) is 0 Å². The summed E-state index contributed by atoms with van der Waals surface area (Å²) in [4.78, 5) is 14.1. The normalized spacial score (nSPS) is 13.7. The van der Waals surface area contributed by atoms with Crippen LogP contribution < -0.4 is 10.2 Å². The van der Waals surface area contributed by atoms with Crippen molar-refractivity contribution in [1.82, 2.24) is 5.32 Å². The second-order valence-corrected chi connectivity index (χ2v) is 5.74. The largest absolute Gasteiger partial charge is 0.395 e. The monoisotopic (exact) mass is 282 g/mol. The van der Waals surface area contributed by atoms with Gasteiger partial charge in [0.25, 0.3) is 5.91 Å². The lowest BCUT2D eigenvalue weighted by Crippen LogP contribution is -2.41. The molecule has 0 fully saturated rings. The van der Waals surface area contributed by atoms with Gasteiger partial charge in [-0.2, -0.15) is 11.8 Å². The van der Waals surface area contributed by atoms with Crippen LogP contribution in [0.3, 0.4) is 0 Å². The first-order valence-corrected chi connectivity index (χ1v) is 7.50. The van der Waals surface area contributed by atoms with Crippen LogP contribution in [0.4, 0.5) is 5.69 Å². The van der Waals surface area contributed by atoms with Crippen LogP contribution in [0.2, 0.25) is 0 Å². The zero-order valence-corrected chi connectivity index (χ0v) is 12.7. The number of benzene rings is 1. The van der Waals surface area contributed by atoms with Crippen LogP contribution in [0.5, 0.6) is 0 Å². The van der Waals surface area contributed by atoms with Crippen molar-refractivity contribution in [3.8, 4) is 0 Å². The smallest absolute Gasteiger partial charge is 0.251 e. The molecule has 0 radical (unpaired) electrons. The predicted molar refractivity (Wildman–Crippen MR) is 82.1 cm³/mol. The molecule has 0 heterocycles. The number of aliphatic hydroxyl groups is 1. The van der Waals surface area contributed by atoms with Gasteiger partial charge in [-0.15, -0.1) is 0 Å². The number of nitrogens with zero attached hydrogens (tertiary/aromatic N) is 1. The molecule has 4 nitrogen and oxygen atoms in total. The molecular formula is C14H22N2O2S. The number of hydrogen-bond acceptors (Lipinski definition) is 4. The minimum absolute atomic E-state index is 0.0148. The summed E-state index contributed by atoms with van der Waals surface area (Å²) in [6, 6.07) is 7.40. The van der Waals surface area contributed by atoms with E-state index in [0.717, 1.165) is 5.69 Å². The Morgan fingerprint density at radius 2 is 2.16 bits per heavy atom. The maximum absolute atomic E-state index is 12.1. The lowest BCUT2D eigenvalue weighted by atomic mass is 10.1. The summed E-state index contributed by atoms with van der Waals surface area (Å²) in [6.45, 7) is 1.96. The molecule has 2 atom stereocenters. The van der Waals surface area contributed by atoms with Crippen LogP contribution in [0.25, 0.3) is 0 Å². The van der Waals surface area contributed by atoms with Crippen molar-refractivity contribution in [2.75, 3.05) is 31.9 Å². The van der Waals surface area contributed by atoms with E-state index < -0.39 is 0 Å². The van der Waals surface area contributed by atoms with E-state index in [0.29, 0.717) is 5.56 Å². The molecule has 1 rings (SSSR count). The summed E-state index contributed by atoms with van der Waals surface area (Å²) in [5.41, 5.74) is 1.62. The molecule has 1 amide bonds. The summed E-state index contributed by atoms with van der Waals surface area (Å²) in [7, 11) is 3.88. The molecular weight excluding hydrogens is 260 g/mol. The minimum Gasteiger partial charge on any atom is -0.395 e. The number of carbonyl (C=O) groups is 1. The Balaban J connectivity index is 2.75. The van der Waals surface area contributed by atoms with Crippen LogP contribution >= 0.6 is 11.8 Å². The molecule has 0 bridgehead atoms. The van der Waals surface area contributed by atoms with Crippen molar-refractivity contribution >= 4 is 23.4 Å². The highest BCUT2D eigenvalue weighted by Gasteiger charge is 2.18. The highest BCUT2D eigenvalue weighted by molar-refractivity contribution is 7.99. The summed E-state index contributed by atoms with van der Waals surface area (Å²) in [5.74, 6) is -0.108. The Kier molecular flexibility index (Phi) is 6.18. The fourth-order valence-electron chi connectivity index (χ4n) is 1.75. The molecule has 106 valence electrons. The average Bonchev–Trinajstić information content (AvgIpc) is 2.40. The van der Waals surface area contributed by atoms with E-state index in [1.807, 2.05) is 50.4 Å². The standard InChI is InChI=1S/C14H22N2O2S/c1-10(13(9-17)19-4)15-14(18)11-6-5-7-12(8-11)16(2)3/h5-8,10,13,17H,9H2,1-4H3,(H,15,18). The zero-order chi connectivity index (χ0) is 14.4. The number of hydrogen-bond donors (Lipinski definition) is 2. The zero-order valence-electron chi connectivity index (χ0n) is 11.9. The molecule has 5 heteroatoms. The van der Waals surface area contributed by atoms with Crippen LogP contribution in [0.1, 0.15) is 17.3 Å². The van der Waals surface area contributed by atoms with Gasteiger partial charge in [-0.05, 0) is 31.4 Å². The van der Waals surface area contributed by atoms with E-state index in [9.17, 15) is 9.90 Å². The van der Waals surface area contributed by atoms with Gasteiger partial charge in [0.15, 0.2) is 0 Å². The molecule has 0 aromatic heterocycles. The van der Waals surface area contributed by atoms with E-state index in [2.05, 4.69) is 5.32 Å². The van der Waals surface area contributed by atoms with E-state index in [1.165, 1.54) is 0 Å². The van der Waals surface area contributed by atoms with Gasteiger partial charge in [-0.25, -0.2) is 0 Å². The Morgan fingerprint density at radius 3 is 2.68 bits per heavy atom. The molecule has 0 aliphatic rings. The van der Waals surface area contributed by atoms with Crippen molar-refractivity contribution in [3.63, 3.8) is 0 Å². The van der Waals surface area contributed by atoms with Gasteiger partial charge in [0, 0.05) is 36.6 Å². The quantitative estimate of drug-likeness (QED) is 0.832. The number of anilines is 1. The molecule has 0 aliphatic carbocycles. The summed E-state index contributed by atoms with van der Waals surface area (Å²) >= 11 is 1.55. The molecule has 2 N–H and O–H groups in total. The molecule has 1 aromatic rings. The maximum atomic E-state index is 12.1. The van der Waals surface area contributed by atoms with Gasteiger partial charge in [0.05, 0.1) is 6.61 Å². The van der Waals surface area contributed by atoms with Crippen molar-refractivity contribution in [3.05, 3.63) is 29.8 Å². The molecule has 0 aliphatic heterocycles. The molecule has 1 aromatic carbocycles. The van der Waals surface area contributed by atoms with Gasteiger partial charge < -0.3 is 15.3 Å². The van der Waals surface area contributed by atoms with E-state index in [-0.39, 0.29) is 23.8 Å². The van der Waals surface area contributed by atoms with Crippen LogP contribution in [-0.4, -0.2) is 49.3 Å². The highest BCUT2D eigenvalue weighted by Crippen LogP contribution is 2.15. The number of amides is 1. The average molecular weight is 282 g/mol. The van der Waals surface area contributed by atoms with Gasteiger partial charge in [-0.3, -0.25) is 4.79 Å². The minimum atomic E-state index is -0.108. The van der Waals surface area contributed by atoms with Crippen LogP contribution in [0.15, 0.2) is 24.3 Å². The van der Waals surface area contributed by atoms with Gasteiger partial charge in [0.2, 0.25) is 0 Å². The predicted octanol–water partition coefficient (Wildman–Crippen LogP) is 1.59. The fourth-order valence-corrected chi connectivity index (χ4v) is 2.37. The third-order valence-corrected chi connectivity index (χ3v) is 4.19. The number of rotatable bonds is 6. The topological polar surface area (TPSA) is 52.6 Å². The summed E-state index contributed by atoms with van der Waals surface area (Å²) in [6.07, 6.45) is 1.93. The van der Waals surface area contributed by atoms with Gasteiger partial charge >= 0.3 is 0 Å². The van der Waals surface area contributed by atoms with E-state index in [1.54, 1.807) is 17.8 Å². The second kappa shape index (κ2) is 7.40. The van der Waals surface area contributed by atoms with Crippen molar-refractivity contribution in [2.45, 2.75) is 18.2 Å². The van der Waals surface area contributed by atoms with E-state index in [4.69, 9.17) is 0 Å². The molecule has 19 heavy (non-hydrogen) atoms. The Hall–Kier alpha value is -1.20. The van der Waals surface area contributed by atoms with Crippen LogP contribution in [-0.2, 0) is 0 Å². The number of carbonyl (C=O) groups excluding carboxylic acids is 1. The SMILES string of the molecule is CSC(CO)C(C)NC(=O)c1cccc(N(C)C)c1. The first kappa shape index (κ1) is 15.9. The van der Waals surface area contributed by atoms with Gasteiger partial charge in [-0.1, -0.05) is 6.07 Å². The molecule has 2 unspecified atom stereocenters. The first-order chi connectivity index (χ1) is 8.99. The van der Waals surface area contributed by atoms with Crippen molar-refractivity contribution < 1.29 is 9.90 Å². The number of aliphatic hydroxyl groups excluding tert-OH is 1. The number of nitrogens with one attached hydrogen (secondary N) is 1. The Labute approximate surface area is 119 Å². The first-order valence-electron chi connectivity index (χ1n) is 6.21. The molecule has 0 saturated carbocycles. The van der Waals surface area contributed by atoms with Crippen LogP contribution in [0, 0.1) is 0 Å². The molecule has 0 saturated heterocycles. The van der Waals surface area contributed by atoms with Gasteiger partial charge in [0.1, 0.15) is 0 Å². The third-order valence-electron chi connectivity index (χ3n) is 3.02. The highest BCUT2D eigenvalue weighted by atomic mass is 32.2. The second-order valence-electron chi connectivity index (χ2n) is 4.66. The Bertz CT molecular complexity index is 420. The lowest BCUT2D eigenvalue weighted by molar-refractivity contribution is 0.0936.